The first-order valence-corrected chi connectivity index (χ1v) is 5.07. The van der Waals surface area contributed by atoms with Crippen molar-refractivity contribution in [2.45, 2.75) is 6.42 Å². The van der Waals surface area contributed by atoms with Crippen LogP contribution in [0.5, 0.6) is 0 Å². The molecular weight excluding hydrogens is 216 g/mol. The first-order valence-electron chi connectivity index (χ1n) is 4.69. The first kappa shape index (κ1) is 10.2. The summed E-state index contributed by atoms with van der Waals surface area (Å²) in [7, 11) is 0. The zero-order valence-electron chi connectivity index (χ0n) is 8.02. The van der Waals surface area contributed by atoms with Crippen molar-refractivity contribution in [1.82, 2.24) is 0 Å². The highest BCUT2D eigenvalue weighted by Crippen LogP contribution is 2.32. The lowest BCUT2D eigenvalue weighted by Gasteiger charge is -2.17. The summed E-state index contributed by atoms with van der Waals surface area (Å²) in [6.07, 6.45) is 3.08. The number of benzene rings is 1. The Bertz CT molecular complexity index is 389. The first-order chi connectivity index (χ1) is 7.18. The lowest BCUT2D eigenvalue weighted by atomic mass is 10.2. The van der Waals surface area contributed by atoms with E-state index in [0.29, 0.717) is 10.7 Å². The standard InChI is InChI=1S/C10H10ClN2O2/c11-8-3-4-9(10(7-8)13(14)15)12-5-1-2-6-12/h1,3-4,7H,2,5-6H2. The molecule has 0 bridgehead atoms. The molecule has 1 aromatic carbocycles. The SMILES string of the molecule is O=[N+]([O-])c1cc(Cl)ccc1N1C[CH]CC1. The molecule has 1 heterocycles. The molecule has 0 N–H and O–H groups in total. The van der Waals surface area contributed by atoms with Gasteiger partial charge in [0.05, 0.1) is 4.92 Å². The Morgan fingerprint density at radius 2 is 2.27 bits per heavy atom. The monoisotopic (exact) mass is 225 g/mol. The molecule has 2 rings (SSSR count). The van der Waals surface area contributed by atoms with Crippen molar-refractivity contribution in [3.8, 4) is 0 Å². The second-order valence-corrected chi connectivity index (χ2v) is 3.85. The second kappa shape index (κ2) is 4.06. The van der Waals surface area contributed by atoms with Crippen LogP contribution in [0, 0.1) is 16.5 Å². The molecule has 1 fully saturated rings. The van der Waals surface area contributed by atoms with E-state index in [-0.39, 0.29) is 10.6 Å². The van der Waals surface area contributed by atoms with Crippen LogP contribution in [0.1, 0.15) is 6.42 Å². The summed E-state index contributed by atoms with van der Waals surface area (Å²) in [5.74, 6) is 0. The number of hydrogen-bond donors (Lipinski definition) is 0. The maximum absolute atomic E-state index is 10.8. The molecule has 1 aromatic rings. The fourth-order valence-corrected chi connectivity index (χ4v) is 1.88. The van der Waals surface area contributed by atoms with Crippen LogP contribution < -0.4 is 4.90 Å². The highest BCUT2D eigenvalue weighted by Gasteiger charge is 2.22. The molecule has 0 saturated carbocycles. The van der Waals surface area contributed by atoms with E-state index in [4.69, 9.17) is 11.6 Å². The van der Waals surface area contributed by atoms with Gasteiger partial charge in [-0.2, -0.15) is 0 Å². The van der Waals surface area contributed by atoms with E-state index < -0.39 is 0 Å². The Morgan fingerprint density at radius 3 is 2.87 bits per heavy atom. The topological polar surface area (TPSA) is 46.4 Å². The fourth-order valence-electron chi connectivity index (χ4n) is 1.71. The summed E-state index contributed by atoms with van der Waals surface area (Å²) in [5.41, 5.74) is 0.732. The smallest absolute Gasteiger partial charge is 0.294 e. The molecule has 79 valence electrons. The molecule has 0 aromatic heterocycles. The molecule has 1 aliphatic rings. The molecule has 1 saturated heterocycles. The zero-order chi connectivity index (χ0) is 10.8. The van der Waals surface area contributed by atoms with E-state index in [2.05, 4.69) is 6.42 Å². The third-order valence-corrected chi connectivity index (χ3v) is 2.66. The van der Waals surface area contributed by atoms with Crippen molar-refractivity contribution in [2.24, 2.45) is 0 Å². The van der Waals surface area contributed by atoms with E-state index >= 15 is 0 Å². The van der Waals surface area contributed by atoms with Crippen LogP contribution in [0.2, 0.25) is 5.02 Å². The molecule has 4 nitrogen and oxygen atoms in total. The summed E-state index contributed by atoms with van der Waals surface area (Å²) in [5, 5.41) is 11.2. The number of hydrogen-bond acceptors (Lipinski definition) is 3. The van der Waals surface area contributed by atoms with Gasteiger partial charge in [0.25, 0.3) is 5.69 Å². The Kier molecular flexibility index (Phi) is 2.77. The van der Waals surface area contributed by atoms with E-state index in [1.165, 1.54) is 6.07 Å². The van der Waals surface area contributed by atoms with Crippen molar-refractivity contribution >= 4 is 23.0 Å². The predicted molar refractivity (Wildman–Crippen MR) is 59.2 cm³/mol. The van der Waals surface area contributed by atoms with Gasteiger partial charge in [-0.25, -0.2) is 0 Å². The highest BCUT2D eigenvalue weighted by atomic mass is 35.5. The average molecular weight is 226 g/mol. The Labute approximate surface area is 92.6 Å². The van der Waals surface area contributed by atoms with Gasteiger partial charge in [-0.1, -0.05) is 11.6 Å². The average Bonchev–Trinajstić information content (AvgIpc) is 2.70. The van der Waals surface area contributed by atoms with Gasteiger partial charge in [0.1, 0.15) is 5.69 Å². The predicted octanol–water partition coefficient (Wildman–Crippen LogP) is 2.66. The van der Waals surface area contributed by atoms with Crippen LogP contribution in [0.4, 0.5) is 11.4 Å². The van der Waals surface area contributed by atoms with E-state index in [1.807, 2.05) is 4.90 Å². The van der Waals surface area contributed by atoms with Crippen molar-refractivity contribution in [2.75, 3.05) is 18.0 Å². The van der Waals surface area contributed by atoms with Crippen LogP contribution in [0.25, 0.3) is 0 Å². The van der Waals surface area contributed by atoms with Gasteiger partial charge in [0.15, 0.2) is 0 Å². The summed E-state index contributed by atoms with van der Waals surface area (Å²) >= 11 is 5.74. The van der Waals surface area contributed by atoms with Crippen LogP contribution in [0.3, 0.4) is 0 Å². The Morgan fingerprint density at radius 1 is 1.47 bits per heavy atom. The van der Waals surface area contributed by atoms with E-state index in [1.54, 1.807) is 12.1 Å². The molecule has 0 atom stereocenters. The third-order valence-electron chi connectivity index (χ3n) is 2.43. The number of nitrogens with zero attached hydrogens (tertiary/aromatic N) is 2. The van der Waals surface area contributed by atoms with Crippen molar-refractivity contribution < 1.29 is 4.92 Å². The largest absolute Gasteiger partial charge is 0.366 e. The number of nitro groups is 1. The molecule has 0 unspecified atom stereocenters. The summed E-state index contributed by atoms with van der Waals surface area (Å²) in [4.78, 5) is 12.4. The second-order valence-electron chi connectivity index (χ2n) is 3.41. The Balaban J connectivity index is 2.40. The van der Waals surface area contributed by atoms with Crippen LogP contribution in [-0.2, 0) is 0 Å². The van der Waals surface area contributed by atoms with Crippen LogP contribution in [-0.4, -0.2) is 18.0 Å². The third kappa shape index (κ3) is 2.04. The molecule has 5 heteroatoms. The maximum Gasteiger partial charge on any atom is 0.294 e. The van der Waals surface area contributed by atoms with Crippen molar-refractivity contribution in [1.29, 1.82) is 0 Å². The molecule has 1 radical (unpaired) electrons. The summed E-state index contributed by atoms with van der Waals surface area (Å²) in [6, 6.07) is 4.79. The van der Waals surface area contributed by atoms with Crippen molar-refractivity contribution in [3.63, 3.8) is 0 Å². The van der Waals surface area contributed by atoms with Gasteiger partial charge >= 0.3 is 0 Å². The minimum absolute atomic E-state index is 0.0813. The quantitative estimate of drug-likeness (QED) is 0.574. The molecule has 1 aliphatic heterocycles. The zero-order valence-corrected chi connectivity index (χ0v) is 8.78. The normalized spacial score (nSPS) is 15.7. The van der Waals surface area contributed by atoms with Gasteiger partial charge in [-0.3, -0.25) is 10.1 Å². The molecule has 0 spiro atoms. The molecule has 15 heavy (non-hydrogen) atoms. The number of rotatable bonds is 2. The minimum atomic E-state index is -0.389. The number of anilines is 1. The molecule has 0 aliphatic carbocycles. The molecule has 0 amide bonds. The molecular formula is C10H10ClN2O2. The van der Waals surface area contributed by atoms with Crippen LogP contribution in [0.15, 0.2) is 18.2 Å². The fraction of sp³-hybridized carbons (Fsp3) is 0.300. The number of halogens is 1. The van der Waals surface area contributed by atoms with Crippen molar-refractivity contribution in [3.05, 3.63) is 39.8 Å². The lowest BCUT2D eigenvalue weighted by molar-refractivity contribution is -0.384. The van der Waals surface area contributed by atoms with Gasteiger partial charge in [0, 0.05) is 24.2 Å². The minimum Gasteiger partial charge on any atom is -0.366 e. The van der Waals surface area contributed by atoms with Gasteiger partial charge in [-0.15, -0.1) is 0 Å². The number of nitro benzene ring substituents is 1. The summed E-state index contributed by atoms with van der Waals surface area (Å²) < 4.78 is 0. The van der Waals surface area contributed by atoms with Gasteiger partial charge < -0.3 is 4.90 Å². The van der Waals surface area contributed by atoms with Crippen LogP contribution >= 0.6 is 11.6 Å². The lowest BCUT2D eigenvalue weighted by Crippen LogP contribution is -2.18. The van der Waals surface area contributed by atoms with Gasteiger partial charge in [-0.05, 0) is 25.0 Å². The maximum atomic E-state index is 10.8. The highest BCUT2D eigenvalue weighted by molar-refractivity contribution is 6.30. The Hall–Kier alpha value is -1.29. The summed E-state index contributed by atoms with van der Waals surface area (Å²) in [6.45, 7) is 1.60. The van der Waals surface area contributed by atoms with Gasteiger partial charge in [0.2, 0.25) is 0 Å². The van der Waals surface area contributed by atoms with E-state index in [9.17, 15) is 10.1 Å². The van der Waals surface area contributed by atoms with E-state index in [0.717, 1.165) is 19.5 Å².